The van der Waals surface area contributed by atoms with Gasteiger partial charge in [-0.05, 0) is 43.9 Å². The van der Waals surface area contributed by atoms with Crippen molar-refractivity contribution in [2.45, 2.75) is 31.8 Å². The van der Waals surface area contributed by atoms with Crippen LogP contribution >= 0.6 is 0 Å². The first-order valence-electron chi connectivity index (χ1n) is 9.89. The number of aromatic nitrogens is 5. The number of benzene rings is 1. The number of likely N-dealkylation sites (tertiary alicyclic amines) is 1. The Bertz CT molecular complexity index is 1040. The topological polar surface area (TPSA) is 86.0 Å². The van der Waals surface area contributed by atoms with Crippen LogP contribution in [-0.2, 0) is 16.8 Å². The SMILES string of the molecule is Cc1ncc2c(n1)C1(CCN(C(=O)c3cn(-c4ccccc4)nn3)CC1)OCC2. The summed E-state index contributed by atoms with van der Waals surface area (Å²) in [5.74, 6) is 0.654. The Kier molecular flexibility index (Phi) is 4.35. The van der Waals surface area contributed by atoms with Crippen LogP contribution in [0.25, 0.3) is 5.69 Å². The van der Waals surface area contributed by atoms with Gasteiger partial charge in [0.2, 0.25) is 0 Å². The first-order valence-corrected chi connectivity index (χ1v) is 9.89. The predicted molar refractivity (Wildman–Crippen MR) is 105 cm³/mol. The lowest BCUT2D eigenvalue weighted by atomic mass is 9.83. The van der Waals surface area contributed by atoms with Crippen LogP contribution in [0, 0.1) is 6.92 Å². The number of carbonyl (C=O) groups excluding carboxylic acids is 1. The number of nitrogens with zero attached hydrogens (tertiary/aromatic N) is 6. The van der Waals surface area contributed by atoms with E-state index in [1.165, 1.54) is 0 Å². The number of ether oxygens (including phenoxy) is 1. The van der Waals surface area contributed by atoms with Crippen LogP contribution in [-0.4, -0.2) is 55.5 Å². The van der Waals surface area contributed by atoms with E-state index in [0.29, 0.717) is 25.4 Å². The van der Waals surface area contributed by atoms with E-state index in [4.69, 9.17) is 9.72 Å². The maximum Gasteiger partial charge on any atom is 0.276 e. The molecule has 8 heteroatoms. The number of para-hydroxylation sites is 1. The molecule has 148 valence electrons. The summed E-state index contributed by atoms with van der Waals surface area (Å²) in [5.41, 5.74) is 2.97. The molecule has 2 aliphatic rings. The van der Waals surface area contributed by atoms with E-state index in [1.807, 2.05) is 48.4 Å². The lowest BCUT2D eigenvalue weighted by molar-refractivity contribution is -0.0969. The van der Waals surface area contributed by atoms with Crippen molar-refractivity contribution in [3.8, 4) is 5.69 Å². The molecule has 4 heterocycles. The largest absolute Gasteiger partial charge is 0.368 e. The second-order valence-electron chi connectivity index (χ2n) is 7.56. The molecular formula is C21H22N6O2. The molecule has 1 aromatic carbocycles. The number of hydrogen-bond acceptors (Lipinski definition) is 6. The smallest absolute Gasteiger partial charge is 0.276 e. The molecule has 2 aliphatic heterocycles. The van der Waals surface area contributed by atoms with Crippen molar-refractivity contribution in [2.75, 3.05) is 19.7 Å². The molecule has 0 unspecified atom stereocenters. The Morgan fingerprint density at radius 2 is 1.97 bits per heavy atom. The molecule has 0 radical (unpaired) electrons. The van der Waals surface area contributed by atoms with E-state index in [-0.39, 0.29) is 5.91 Å². The number of piperidine rings is 1. The van der Waals surface area contributed by atoms with Gasteiger partial charge in [-0.3, -0.25) is 4.79 Å². The number of amides is 1. The van der Waals surface area contributed by atoms with Gasteiger partial charge in [-0.2, -0.15) is 0 Å². The Balaban J connectivity index is 1.32. The Morgan fingerprint density at radius 1 is 1.17 bits per heavy atom. The highest BCUT2D eigenvalue weighted by atomic mass is 16.5. The monoisotopic (exact) mass is 390 g/mol. The van der Waals surface area contributed by atoms with E-state index in [2.05, 4.69) is 15.3 Å². The summed E-state index contributed by atoms with van der Waals surface area (Å²) >= 11 is 0. The molecule has 29 heavy (non-hydrogen) atoms. The molecule has 2 aromatic heterocycles. The standard InChI is InChI=1S/C21H22N6O2/c1-15-22-13-16-7-12-29-21(19(16)23-15)8-10-26(11-9-21)20(28)18-14-27(25-24-18)17-5-3-2-4-6-17/h2-6,13-14H,7-12H2,1H3. The average molecular weight is 390 g/mol. The van der Waals surface area contributed by atoms with Crippen molar-refractivity contribution in [3.63, 3.8) is 0 Å². The fraction of sp³-hybridized carbons (Fsp3) is 0.381. The summed E-state index contributed by atoms with van der Waals surface area (Å²) in [7, 11) is 0. The minimum Gasteiger partial charge on any atom is -0.368 e. The van der Waals surface area contributed by atoms with Crippen LogP contribution in [0.2, 0.25) is 0 Å². The van der Waals surface area contributed by atoms with Gasteiger partial charge in [0.05, 0.1) is 24.2 Å². The van der Waals surface area contributed by atoms with E-state index >= 15 is 0 Å². The van der Waals surface area contributed by atoms with E-state index in [1.54, 1.807) is 10.9 Å². The molecule has 1 fully saturated rings. The van der Waals surface area contributed by atoms with Crippen LogP contribution in [0.5, 0.6) is 0 Å². The zero-order valence-corrected chi connectivity index (χ0v) is 16.3. The molecule has 8 nitrogen and oxygen atoms in total. The van der Waals surface area contributed by atoms with Crippen LogP contribution in [0.15, 0.2) is 42.7 Å². The number of aryl methyl sites for hydroxylation is 1. The molecule has 0 bridgehead atoms. The van der Waals surface area contributed by atoms with Gasteiger partial charge in [0.15, 0.2) is 5.69 Å². The minimum atomic E-state index is -0.417. The highest BCUT2D eigenvalue weighted by Crippen LogP contribution is 2.40. The molecule has 0 atom stereocenters. The van der Waals surface area contributed by atoms with Gasteiger partial charge in [0.25, 0.3) is 5.91 Å². The number of fused-ring (bicyclic) bond motifs is 2. The van der Waals surface area contributed by atoms with E-state index < -0.39 is 5.60 Å². The Hall–Kier alpha value is -3.13. The van der Waals surface area contributed by atoms with Crippen LogP contribution < -0.4 is 0 Å². The normalized spacial score (nSPS) is 17.9. The van der Waals surface area contributed by atoms with Crippen molar-refractivity contribution in [3.05, 3.63) is 65.5 Å². The third kappa shape index (κ3) is 3.19. The maximum atomic E-state index is 13.0. The molecule has 0 saturated carbocycles. The Morgan fingerprint density at radius 3 is 2.76 bits per heavy atom. The summed E-state index contributed by atoms with van der Waals surface area (Å²) in [4.78, 5) is 23.8. The molecule has 1 amide bonds. The molecule has 0 N–H and O–H groups in total. The molecule has 1 spiro atoms. The van der Waals surface area contributed by atoms with Crippen LogP contribution in [0.4, 0.5) is 0 Å². The first kappa shape index (κ1) is 17.9. The highest BCUT2D eigenvalue weighted by Gasteiger charge is 2.43. The molecule has 0 aliphatic carbocycles. The molecule has 3 aromatic rings. The van der Waals surface area contributed by atoms with Gasteiger partial charge < -0.3 is 9.64 Å². The first-order chi connectivity index (χ1) is 14.1. The third-order valence-corrected chi connectivity index (χ3v) is 5.76. The van der Waals surface area contributed by atoms with E-state index in [9.17, 15) is 4.79 Å². The second-order valence-corrected chi connectivity index (χ2v) is 7.56. The second kappa shape index (κ2) is 7.04. The van der Waals surface area contributed by atoms with Crippen molar-refractivity contribution >= 4 is 5.91 Å². The fourth-order valence-corrected chi connectivity index (χ4v) is 4.18. The van der Waals surface area contributed by atoms with Crippen molar-refractivity contribution in [2.24, 2.45) is 0 Å². The van der Waals surface area contributed by atoms with Crippen LogP contribution in [0.1, 0.15) is 40.4 Å². The lowest BCUT2D eigenvalue weighted by Gasteiger charge is -2.43. The highest BCUT2D eigenvalue weighted by molar-refractivity contribution is 5.92. The summed E-state index contributed by atoms with van der Waals surface area (Å²) in [5, 5.41) is 8.19. The lowest BCUT2D eigenvalue weighted by Crippen LogP contribution is -2.49. The zero-order chi connectivity index (χ0) is 19.8. The van der Waals surface area contributed by atoms with Gasteiger partial charge in [-0.25, -0.2) is 14.6 Å². The Labute approximate surface area is 168 Å². The molecule has 1 saturated heterocycles. The maximum absolute atomic E-state index is 13.0. The number of hydrogen-bond donors (Lipinski definition) is 0. The summed E-state index contributed by atoms with van der Waals surface area (Å²) in [6, 6.07) is 9.64. The molecular weight excluding hydrogens is 368 g/mol. The summed E-state index contributed by atoms with van der Waals surface area (Å²) in [6.45, 7) is 3.76. The zero-order valence-electron chi connectivity index (χ0n) is 16.3. The van der Waals surface area contributed by atoms with Crippen molar-refractivity contribution in [1.29, 1.82) is 0 Å². The molecule has 5 rings (SSSR count). The quantitative estimate of drug-likeness (QED) is 0.666. The fourth-order valence-electron chi connectivity index (χ4n) is 4.18. The van der Waals surface area contributed by atoms with Crippen molar-refractivity contribution in [1.82, 2.24) is 29.9 Å². The van der Waals surface area contributed by atoms with Gasteiger partial charge in [-0.1, -0.05) is 23.4 Å². The minimum absolute atomic E-state index is 0.100. The predicted octanol–water partition coefficient (Wildman–Crippen LogP) is 2.07. The van der Waals surface area contributed by atoms with Crippen LogP contribution in [0.3, 0.4) is 0 Å². The van der Waals surface area contributed by atoms with Crippen molar-refractivity contribution < 1.29 is 9.53 Å². The average Bonchev–Trinajstić information content (AvgIpc) is 3.26. The van der Waals surface area contributed by atoms with Gasteiger partial charge >= 0.3 is 0 Å². The van der Waals surface area contributed by atoms with E-state index in [0.717, 1.165) is 42.0 Å². The van der Waals surface area contributed by atoms with Gasteiger partial charge in [0.1, 0.15) is 11.4 Å². The summed E-state index contributed by atoms with van der Waals surface area (Å²) in [6.07, 6.45) is 5.87. The third-order valence-electron chi connectivity index (χ3n) is 5.76. The van der Waals surface area contributed by atoms with Gasteiger partial charge in [0, 0.05) is 19.3 Å². The number of carbonyl (C=O) groups is 1. The summed E-state index contributed by atoms with van der Waals surface area (Å²) < 4.78 is 7.85. The van der Waals surface area contributed by atoms with Gasteiger partial charge in [-0.15, -0.1) is 5.10 Å². The number of rotatable bonds is 2.